The molecule has 0 unspecified atom stereocenters. The van der Waals surface area contributed by atoms with Gasteiger partial charge in [0.05, 0.1) is 4.92 Å². The van der Waals surface area contributed by atoms with Gasteiger partial charge in [-0.3, -0.25) is 14.9 Å². The first-order valence-electron chi connectivity index (χ1n) is 9.42. The minimum atomic E-state index is -0.367. The molecule has 1 amide bonds. The van der Waals surface area contributed by atoms with Crippen LogP contribution in [0.3, 0.4) is 0 Å². The average molecular weight is 345 g/mol. The lowest BCUT2D eigenvalue weighted by atomic mass is 9.95. The first-order chi connectivity index (χ1) is 12.1. The highest BCUT2D eigenvalue weighted by atomic mass is 16.6. The predicted octanol–water partition coefficient (Wildman–Crippen LogP) is 4.04. The minimum absolute atomic E-state index is 0.0324. The standard InChI is InChI=1S/C19H27N3O3/c1-14-7-5-6-12-21(14)17-11-10-15(13-18(17)22(24)25)19(23)20-16-8-3-2-4-9-16/h10-11,13-14,16H,2-9,12H2,1H3,(H,20,23)/t14-/m0/s1. The normalized spacial score (nSPS) is 21.8. The van der Waals surface area contributed by atoms with Gasteiger partial charge in [0.25, 0.3) is 11.6 Å². The Morgan fingerprint density at radius 2 is 1.88 bits per heavy atom. The van der Waals surface area contributed by atoms with Crippen LogP contribution >= 0.6 is 0 Å². The fraction of sp³-hybridized carbons (Fsp3) is 0.632. The summed E-state index contributed by atoms with van der Waals surface area (Å²) in [7, 11) is 0. The van der Waals surface area contributed by atoms with E-state index in [9.17, 15) is 14.9 Å². The highest BCUT2D eigenvalue weighted by Crippen LogP contribution is 2.33. The van der Waals surface area contributed by atoms with Gasteiger partial charge in [-0.05, 0) is 51.2 Å². The van der Waals surface area contributed by atoms with E-state index in [2.05, 4.69) is 17.1 Å². The molecule has 25 heavy (non-hydrogen) atoms. The van der Waals surface area contributed by atoms with Crippen LogP contribution < -0.4 is 10.2 Å². The number of nitrogens with zero attached hydrogens (tertiary/aromatic N) is 2. The Labute approximate surface area is 148 Å². The third-order valence-corrected chi connectivity index (χ3v) is 5.49. The zero-order valence-corrected chi connectivity index (χ0v) is 14.9. The number of rotatable bonds is 4. The number of carbonyl (C=O) groups excluding carboxylic acids is 1. The van der Waals surface area contributed by atoms with Crippen LogP contribution in [0.2, 0.25) is 0 Å². The number of anilines is 1. The molecule has 1 saturated carbocycles. The van der Waals surface area contributed by atoms with Crippen LogP contribution in [0.1, 0.15) is 68.6 Å². The first-order valence-corrected chi connectivity index (χ1v) is 9.42. The molecule has 0 spiro atoms. The number of nitro benzene ring substituents is 1. The van der Waals surface area contributed by atoms with Crippen molar-refractivity contribution in [1.29, 1.82) is 0 Å². The Morgan fingerprint density at radius 3 is 2.56 bits per heavy atom. The second kappa shape index (κ2) is 7.85. The maximum Gasteiger partial charge on any atom is 0.293 e. The fourth-order valence-electron chi connectivity index (χ4n) is 4.03. The molecule has 3 rings (SSSR count). The van der Waals surface area contributed by atoms with Crippen molar-refractivity contribution >= 4 is 17.3 Å². The van der Waals surface area contributed by atoms with E-state index in [4.69, 9.17) is 0 Å². The highest BCUT2D eigenvalue weighted by Gasteiger charge is 2.27. The summed E-state index contributed by atoms with van der Waals surface area (Å²) >= 11 is 0. The van der Waals surface area contributed by atoms with Crippen molar-refractivity contribution in [3.63, 3.8) is 0 Å². The summed E-state index contributed by atoms with van der Waals surface area (Å²) in [5.74, 6) is -0.201. The molecule has 136 valence electrons. The smallest absolute Gasteiger partial charge is 0.293 e. The van der Waals surface area contributed by atoms with Gasteiger partial charge in [-0.1, -0.05) is 19.3 Å². The maximum atomic E-state index is 12.5. The van der Waals surface area contributed by atoms with Crippen LogP contribution in [-0.2, 0) is 0 Å². The lowest BCUT2D eigenvalue weighted by molar-refractivity contribution is -0.384. The number of hydrogen-bond acceptors (Lipinski definition) is 4. The Bertz CT molecular complexity index is 641. The van der Waals surface area contributed by atoms with Gasteiger partial charge in [0, 0.05) is 30.3 Å². The quantitative estimate of drug-likeness (QED) is 0.660. The summed E-state index contributed by atoms with van der Waals surface area (Å²) in [4.78, 5) is 25.8. The van der Waals surface area contributed by atoms with Gasteiger partial charge in [0.1, 0.15) is 5.69 Å². The number of amides is 1. The van der Waals surface area contributed by atoms with Crippen LogP contribution in [0.4, 0.5) is 11.4 Å². The lowest BCUT2D eigenvalue weighted by Gasteiger charge is -2.35. The van der Waals surface area contributed by atoms with Crippen LogP contribution in [0.25, 0.3) is 0 Å². The van der Waals surface area contributed by atoms with Crippen molar-refractivity contribution in [2.45, 2.75) is 70.4 Å². The van der Waals surface area contributed by atoms with E-state index in [0.717, 1.165) is 51.5 Å². The largest absolute Gasteiger partial charge is 0.363 e. The second-order valence-corrected chi connectivity index (χ2v) is 7.31. The van der Waals surface area contributed by atoms with E-state index < -0.39 is 0 Å². The van der Waals surface area contributed by atoms with Crippen molar-refractivity contribution in [3.8, 4) is 0 Å². The summed E-state index contributed by atoms with van der Waals surface area (Å²) in [5, 5.41) is 14.6. The summed E-state index contributed by atoms with van der Waals surface area (Å²) in [6.45, 7) is 2.93. The SMILES string of the molecule is C[C@H]1CCCCN1c1ccc(C(=O)NC2CCCCC2)cc1[N+](=O)[O-]. The molecule has 0 radical (unpaired) electrons. The Balaban J connectivity index is 1.80. The van der Waals surface area contributed by atoms with Gasteiger partial charge in [-0.15, -0.1) is 0 Å². The Morgan fingerprint density at radius 1 is 1.16 bits per heavy atom. The molecule has 1 N–H and O–H groups in total. The third kappa shape index (κ3) is 4.11. The lowest BCUT2D eigenvalue weighted by Crippen LogP contribution is -2.38. The van der Waals surface area contributed by atoms with E-state index in [1.165, 1.54) is 12.5 Å². The zero-order valence-electron chi connectivity index (χ0n) is 14.9. The van der Waals surface area contributed by atoms with Crippen molar-refractivity contribution in [2.75, 3.05) is 11.4 Å². The molecule has 2 aliphatic rings. The number of carbonyl (C=O) groups is 1. The van der Waals surface area contributed by atoms with Crippen LogP contribution in [0.5, 0.6) is 0 Å². The van der Waals surface area contributed by atoms with E-state index in [1.807, 2.05) is 0 Å². The number of hydrogen-bond donors (Lipinski definition) is 1. The van der Waals surface area contributed by atoms with Crippen molar-refractivity contribution in [3.05, 3.63) is 33.9 Å². The molecule has 0 bridgehead atoms. The Kier molecular flexibility index (Phi) is 5.56. The molecular formula is C19H27N3O3. The molecule has 1 saturated heterocycles. The van der Waals surface area contributed by atoms with Gasteiger partial charge in [0.2, 0.25) is 0 Å². The molecule has 6 heteroatoms. The predicted molar refractivity (Wildman–Crippen MR) is 98.1 cm³/mol. The number of piperidine rings is 1. The van der Waals surface area contributed by atoms with Gasteiger partial charge in [0.15, 0.2) is 0 Å². The second-order valence-electron chi connectivity index (χ2n) is 7.31. The number of nitro groups is 1. The van der Waals surface area contributed by atoms with Crippen molar-refractivity contribution in [1.82, 2.24) is 5.32 Å². The molecule has 1 aromatic rings. The summed E-state index contributed by atoms with van der Waals surface area (Å²) in [6, 6.07) is 5.39. The van der Waals surface area contributed by atoms with E-state index >= 15 is 0 Å². The van der Waals surface area contributed by atoms with Crippen molar-refractivity contribution < 1.29 is 9.72 Å². The van der Waals surface area contributed by atoms with E-state index in [-0.39, 0.29) is 28.6 Å². The Hall–Kier alpha value is -2.11. The zero-order chi connectivity index (χ0) is 17.8. The molecule has 0 aromatic heterocycles. The van der Waals surface area contributed by atoms with Gasteiger partial charge in [-0.25, -0.2) is 0 Å². The first kappa shape index (κ1) is 17.7. The minimum Gasteiger partial charge on any atom is -0.363 e. The molecule has 1 aliphatic heterocycles. The highest BCUT2D eigenvalue weighted by molar-refractivity contribution is 5.96. The van der Waals surface area contributed by atoms with E-state index in [1.54, 1.807) is 12.1 Å². The van der Waals surface area contributed by atoms with Gasteiger partial charge in [-0.2, -0.15) is 0 Å². The average Bonchev–Trinajstić information content (AvgIpc) is 2.62. The summed E-state index contributed by atoms with van der Waals surface area (Å²) < 4.78 is 0. The van der Waals surface area contributed by atoms with Gasteiger partial charge >= 0.3 is 0 Å². The van der Waals surface area contributed by atoms with Crippen LogP contribution in [0, 0.1) is 10.1 Å². The molecular weight excluding hydrogens is 318 g/mol. The molecule has 1 atom stereocenters. The topological polar surface area (TPSA) is 75.5 Å². The van der Waals surface area contributed by atoms with E-state index in [0.29, 0.717) is 11.3 Å². The monoisotopic (exact) mass is 345 g/mol. The molecule has 6 nitrogen and oxygen atoms in total. The number of benzene rings is 1. The molecule has 1 aliphatic carbocycles. The van der Waals surface area contributed by atoms with Crippen LogP contribution in [0.15, 0.2) is 18.2 Å². The maximum absolute atomic E-state index is 12.5. The third-order valence-electron chi connectivity index (χ3n) is 5.49. The molecule has 2 fully saturated rings. The van der Waals surface area contributed by atoms with Crippen molar-refractivity contribution in [2.24, 2.45) is 0 Å². The van der Waals surface area contributed by atoms with Gasteiger partial charge < -0.3 is 10.2 Å². The van der Waals surface area contributed by atoms with Crippen LogP contribution in [-0.4, -0.2) is 29.5 Å². The molecule has 1 aromatic carbocycles. The fourth-order valence-corrected chi connectivity index (χ4v) is 4.03. The molecule has 1 heterocycles. The summed E-state index contributed by atoms with van der Waals surface area (Å²) in [5.41, 5.74) is 1.04. The number of nitrogens with one attached hydrogen (secondary N) is 1. The summed E-state index contributed by atoms with van der Waals surface area (Å²) in [6.07, 6.45) is 8.74.